The van der Waals surface area contributed by atoms with Gasteiger partial charge in [-0.3, -0.25) is 10.1 Å². The minimum atomic E-state index is -3.76. The van der Waals surface area contributed by atoms with Gasteiger partial charge in [-0.15, -0.1) is 12.4 Å². The van der Waals surface area contributed by atoms with E-state index in [0.29, 0.717) is 12.5 Å². The fourth-order valence-electron chi connectivity index (χ4n) is 2.43. The minimum Gasteiger partial charge on any atom is -0.495 e. The van der Waals surface area contributed by atoms with Crippen LogP contribution in [0.25, 0.3) is 0 Å². The predicted octanol–water partition coefficient (Wildman–Crippen LogP) is 1.30. The Kier molecular flexibility index (Phi) is 7.20. The smallest absolute Gasteiger partial charge is 0.273 e. The summed E-state index contributed by atoms with van der Waals surface area (Å²) in [6, 6.07) is 3.45. The number of ether oxygens (including phenoxy) is 1. The van der Waals surface area contributed by atoms with Gasteiger partial charge in [0.15, 0.2) is 0 Å². The normalized spacial score (nSPS) is 17.5. The number of nitrogens with zero attached hydrogens (tertiary/aromatic N) is 1. The topological polar surface area (TPSA) is 111 Å². The van der Waals surface area contributed by atoms with E-state index in [0.717, 1.165) is 38.1 Å². The maximum atomic E-state index is 12.3. The molecule has 0 aromatic heterocycles. The van der Waals surface area contributed by atoms with Crippen LogP contribution in [0.3, 0.4) is 0 Å². The van der Waals surface area contributed by atoms with Crippen LogP contribution in [0.2, 0.25) is 0 Å². The quantitative estimate of drug-likeness (QED) is 0.556. The maximum absolute atomic E-state index is 12.3. The van der Waals surface area contributed by atoms with Gasteiger partial charge in [-0.1, -0.05) is 0 Å². The van der Waals surface area contributed by atoms with Gasteiger partial charge >= 0.3 is 0 Å². The van der Waals surface area contributed by atoms with Crippen LogP contribution in [-0.4, -0.2) is 40.1 Å². The third-order valence-electron chi connectivity index (χ3n) is 3.65. The van der Waals surface area contributed by atoms with E-state index in [9.17, 15) is 18.5 Å². The first-order chi connectivity index (χ1) is 10.4. The van der Waals surface area contributed by atoms with Crippen LogP contribution in [0.5, 0.6) is 5.75 Å². The lowest BCUT2D eigenvalue weighted by atomic mass is 10.1. The molecule has 0 saturated carbocycles. The highest BCUT2D eigenvalue weighted by molar-refractivity contribution is 7.89. The molecule has 0 spiro atoms. The molecule has 1 aliphatic rings. The standard InChI is InChI=1S/C13H19N3O5S.ClH/c1-21-12-8-11(16(17)18)2-3-13(12)22(19,20)15-7-5-10-4-6-14-9-10;/h2-3,8,10,14-15H,4-7,9H2,1H3;1H. The van der Waals surface area contributed by atoms with E-state index in [4.69, 9.17) is 4.74 Å². The number of nitro benzene ring substituents is 1. The highest BCUT2D eigenvalue weighted by atomic mass is 35.5. The molecule has 1 atom stereocenters. The van der Waals surface area contributed by atoms with Crippen molar-refractivity contribution < 1.29 is 18.1 Å². The summed E-state index contributed by atoms with van der Waals surface area (Å²) < 4.78 is 32.1. The lowest BCUT2D eigenvalue weighted by Gasteiger charge is -2.12. The number of halogens is 1. The highest BCUT2D eigenvalue weighted by Crippen LogP contribution is 2.28. The van der Waals surface area contributed by atoms with Gasteiger partial charge in [0, 0.05) is 12.6 Å². The summed E-state index contributed by atoms with van der Waals surface area (Å²) in [5.74, 6) is 0.436. The largest absolute Gasteiger partial charge is 0.495 e. The van der Waals surface area contributed by atoms with Crippen molar-refractivity contribution in [1.29, 1.82) is 0 Å². The van der Waals surface area contributed by atoms with Crippen molar-refractivity contribution >= 4 is 28.1 Å². The second-order valence-electron chi connectivity index (χ2n) is 5.14. The summed E-state index contributed by atoms with van der Waals surface area (Å²) in [6.45, 7) is 2.20. The van der Waals surface area contributed by atoms with Crippen molar-refractivity contribution in [3.8, 4) is 5.75 Å². The maximum Gasteiger partial charge on any atom is 0.273 e. The molecule has 1 saturated heterocycles. The van der Waals surface area contributed by atoms with Crippen molar-refractivity contribution in [2.75, 3.05) is 26.7 Å². The van der Waals surface area contributed by atoms with E-state index in [1.54, 1.807) is 0 Å². The molecule has 10 heteroatoms. The van der Waals surface area contributed by atoms with Gasteiger partial charge in [0.05, 0.1) is 18.1 Å². The summed E-state index contributed by atoms with van der Waals surface area (Å²) >= 11 is 0. The van der Waals surface area contributed by atoms with Crippen molar-refractivity contribution in [2.24, 2.45) is 5.92 Å². The van der Waals surface area contributed by atoms with Crippen LogP contribution < -0.4 is 14.8 Å². The molecule has 1 heterocycles. The van der Waals surface area contributed by atoms with Crippen molar-refractivity contribution in [3.63, 3.8) is 0 Å². The number of non-ortho nitro benzene ring substituents is 1. The molecule has 1 aromatic carbocycles. The van der Waals surface area contributed by atoms with Crippen LogP contribution in [0.4, 0.5) is 5.69 Å². The molecule has 0 aliphatic carbocycles. The van der Waals surface area contributed by atoms with Crippen molar-refractivity contribution in [1.82, 2.24) is 10.0 Å². The van der Waals surface area contributed by atoms with Crippen LogP contribution in [0, 0.1) is 16.0 Å². The van der Waals surface area contributed by atoms with Gasteiger partial charge in [-0.2, -0.15) is 0 Å². The number of sulfonamides is 1. The SMILES string of the molecule is COc1cc([N+](=O)[O-])ccc1S(=O)(=O)NCCC1CCNC1.Cl. The fourth-order valence-corrected chi connectivity index (χ4v) is 3.62. The molecule has 130 valence electrons. The summed E-state index contributed by atoms with van der Waals surface area (Å²) in [4.78, 5) is 10.0. The summed E-state index contributed by atoms with van der Waals surface area (Å²) in [7, 11) is -2.48. The van der Waals surface area contributed by atoms with E-state index >= 15 is 0 Å². The van der Waals surface area contributed by atoms with Gasteiger partial charge in [0.25, 0.3) is 5.69 Å². The van der Waals surface area contributed by atoms with Crippen molar-refractivity contribution in [3.05, 3.63) is 28.3 Å². The molecular weight excluding hydrogens is 346 g/mol. The second-order valence-corrected chi connectivity index (χ2v) is 6.87. The number of methoxy groups -OCH3 is 1. The minimum absolute atomic E-state index is 0. The lowest BCUT2D eigenvalue weighted by molar-refractivity contribution is -0.385. The van der Waals surface area contributed by atoms with Crippen LogP contribution in [0.15, 0.2) is 23.1 Å². The zero-order chi connectivity index (χ0) is 16.2. The Morgan fingerprint density at radius 1 is 1.48 bits per heavy atom. The number of hydrogen-bond acceptors (Lipinski definition) is 6. The third-order valence-corrected chi connectivity index (χ3v) is 5.16. The van der Waals surface area contributed by atoms with Gasteiger partial charge in [-0.05, 0) is 37.9 Å². The van der Waals surface area contributed by atoms with Crippen molar-refractivity contribution in [2.45, 2.75) is 17.7 Å². The third kappa shape index (κ3) is 5.03. The molecule has 1 unspecified atom stereocenters. The molecule has 23 heavy (non-hydrogen) atoms. The number of hydrogen-bond donors (Lipinski definition) is 2. The number of nitro groups is 1. The van der Waals surface area contributed by atoms with Gasteiger partial charge < -0.3 is 10.1 Å². The summed E-state index contributed by atoms with van der Waals surface area (Å²) in [6.07, 6.45) is 1.80. The van der Waals surface area contributed by atoms with Gasteiger partial charge in [0.1, 0.15) is 10.6 Å². The summed E-state index contributed by atoms with van der Waals surface area (Å²) in [5, 5.41) is 14.0. The van der Waals surface area contributed by atoms with Crippen LogP contribution in [-0.2, 0) is 10.0 Å². The van der Waals surface area contributed by atoms with Gasteiger partial charge in [-0.25, -0.2) is 13.1 Å². The first-order valence-electron chi connectivity index (χ1n) is 6.97. The van der Waals surface area contributed by atoms with Crippen LogP contribution >= 0.6 is 12.4 Å². The number of rotatable bonds is 7. The monoisotopic (exact) mass is 365 g/mol. The average Bonchev–Trinajstić information content (AvgIpc) is 2.99. The molecule has 0 amide bonds. The Balaban J connectivity index is 0.00000264. The molecule has 0 radical (unpaired) electrons. The Bertz CT molecular complexity index is 647. The molecule has 1 aromatic rings. The Labute approximate surface area is 141 Å². The van der Waals surface area contributed by atoms with Crippen LogP contribution in [0.1, 0.15) is 12.8 Å². The number of benzene rings is 1. The zero-order valence-electron chi connectivity index (χ0n) is 12.6. The molecule has 2 rings (SSSR count). The fraction of sp³-hybridized carbons (Fsp3) is 0.538. The molecule has 8 nitrogen and oxygen atoms in total. The molecule has 1 fully saturated rings. The van der Waals surface area contributed by atoms with E-state index < -0.39 is 14.9 Å². The predicted molar refractivity (Wildman–Crippen MR) is 87.7 cm³/mol. The Morgan fingerprint density at radius 3 is 2.78 bits per heavy atom. The average molecular weight is 366 g/mol. The molecular formula is C13H20ClN3O5S. The van der Waals surface area contributed by atoms with E-state index in [2.05, 4.69) is 10.0 Å². The van der Waals surface area contributed by atoms with E-state index in [1.165, 1.54) is 13.2 Å². The number of nitrogens with one attached hydrogen (secondary N) is 2. The molecule has 0 bridgehead atoms. The molecule has 1 aliphatic heterocycles. The zero-order valence-corrected chi connectivity index (χ0v) is 14.3. The first kappa shape index (κ1) is 19.6. The molecule has 2 N–H and O–H groups in total. The summed E-state index contributed by atoms with van der Waals surface area (Å²) in [5.41, 5.74) is -0.215. The highest BCUT2D eigenvalue weighted by Gasteiger charge is 2.22. The lowest BCUT2D eigenvalue weighted by Crippen LogP contribution is -2.27. The Hall–Kier alpha value is -1.42. The Morgan fingerprint density at radius 2 is 2.22 bits per heavy atom. The van der Waals surface area contributed by atoms with Gasteiger partial charge in [0.2, 0.25) is 10.0 Å². The van der Waals surface area contributed by atoms with E-state index in [-0.39, 0.29) is 28.7 Å². The van der Waals surface area contributed by atoms with E-state index in [1.807, 2.05) is 0 Å². The first-order valence-corrected chi connectivity index (χ1v) is 8.45. The second kappa shape index (κ2) is 8.44.